The van der Waals surface area contributed by atoms with Crippen LogP contribution in [-0.2, 0) is 0 Å². The van der Waals surface area contributed by atoms with Crippen LogP contribution in [0.4, 0.5) is 5.69 Å². The molecule has 3 aromatic carbocycles. The zero-order valence-electron chi connectivity index (χ0n) is 15.0. The number of nitrogens with zero attached hydrogens (tertiary/aromatic N) is 2. The highest BCUT2D eigenvalue weighted by Crippen LogP contribution is 2.49. The van der Waals surface area contributed by atoms with Gasteiger partial charge in [-0.15, -0.1) is 0 Å². The summed E-state index contributed by atoms with van der Waals surface area (Å²) < 4.78 is 7.14. The topological polar surface area (TPSA) is 16.4 Å². The van der Waals surface area contributed by atoms with Crippen molar-refractivity contribution in [3.8, 4) is 0 Å². The second-order valence-corrected chi connectivity index (χ2v) is 8.70. The molecule has 0 saturated carbocycles. The van der Waals surface area contributed by atoms with E-state index < -0.39 is 0 Å². The molecule has 5 rings (SSSR count). The summed E-state index contributed by atoms with van der Waals surface area (Å²) in [7, 11) is 2.13. The van der Waals surface area contributed by atoms with E-state index in [1.807, 2.05) is 6.07 Å². The molecular weight excluding hydrogens is 435 g/mol. The lowest BCUT2D eigenvalue weighted by molar-refractivity contribution is 0.300. The van der Waals surface area contributed by atoms with Gasteiger partial charge >= 0.3 is 0 Å². The van der Waals surface area contributed by atoms with Gasteiger partial charge in [0.2, 0.25) is 0 Å². The SMILES string of the molecule is Cc1c([N+]2(I)C=CN(C)[C@@H]2C)c2oc3ccccc3c2c2ccccc12. The van der Waals surface area contributed by atoms with Crippen LogP contribution in [0.5, 0.6) is 0 Å². The lowest BCUT2D eigenvalue weighted by atomic mass is 9.97. The van der Waals surface area contributed by atoms with Gasteiger partial charge in [0.25, 0.3) is 22.9 Å². The van der Waals surface area contributed by atoms with E-state index >= 15 is 0 Å². The van der Waals surface area contributed by atoms with E-state index in [0.29, 0.717) is 8.86 Å². The summed E-state index contributed by atoms with van der Waals surface area (Å²) in [6, 6.07) is 17.0. The molecule has 1 aliphatic rings. The van der Waals surface area contributed by atoms with Gasteiger partial charge in [0.1, 0.15) is 11.8 Å². The minimum Gasteiger partial charge on any atom is -0.450 e. The maximum absolute atomic E-state index is 6.46. The van der Waals surface area contributed by atoms with Crippen molar-refractivity contribution in [3.05, 3.63) is 66.5 Å². The van der Waals surface area contributed by atoms with E-state index in [0.717, 1.165) is 11.2 Å². The molecule has 1 aromatic heterocycles. The highest BCUT2D eigenvalue weighted by atomic mass is 127. The normalized spacial score (nSPS) is 22.9. The molecule has 1 unspecified atom stereocenters. The van der Waals surface area contributed by atoms with Gasteiger partial charge < -0.3 is 9.32 Å². The van der Waals surface area contributed by atoms with Gasteiger partial charge in [0.05, 0.1) is 6.20 Å². The van der Waals surface area contributed by atoms with Crippen molar-refractivity contribution in [1.29, 1.82) is 0 Å². The van der Waals surface area contributed by atoms with Gasteiger partial charge in [0, 0.05) is 30.3 Å². The number of hydrogen-bond acceptors (Lipinski definition) is 2. The summed E-state index contributed by atoms with van der Waals surface area (Å²) in [5, 5.41) is 4.97. The quantitative estimate of drug-likeness (QED) is 0.242. The van der Waals surface area contributed by atoms with Crippen molar-refractivity contribution >= 4 is 61.3 Å². The minimum absolute atomic E-state index is 0.298. The largest absolute Gasteiger partial charge is 0.450 e. The highest BCUT2D eigenvalue weighted by Gasteiger charge is 2.43. The molecule has 2 atom stereocenters. The first-order valence-corrected chi connectivity index (χ1v) is 9.81. The van der Waals surface area contributed by atoms with Crippen LogP contribution >= 0.6 is 22.9 Å². The third-order valence-electron chi connectivity index (χ3n) is 5.76. The summed E-state index contributed by atoms with van der Waals surface area (Å²) in [6.45, 7) is 4.48. The third kappa shape index (κ3) is 1.97. The average molecular weight is 455 g/mol. The zero-order chi connectivity index (χ0) is 18.1. The Morgan fingerprint density at radius 3 is 2.35 bits per heavy atom. The van der Waals surface area contributed by atoms with Crippen molar-refractivity contribution in [1.82, 2.24) is 7.60 Å². The van der Waals surface area contributed by atoms with Gasteiger partial charge in [-0.2, -0.15) is 2.70 Å². The van der Waals surface area contributed by atoms with E-state index in [2.05, 4.69) is 104 Å². The van der Waals surface area contributed by atoms with Crippen LogP contribution in [0.1, 0.15) is 12.5 Å². The van der Waals surface area contributed by atoms with Gasteiger partial charge in [0.15, 0.2) is 17.4 Å². The number of fused-ring (bicyclic) bond motifs is 5. The van der Waals surface area contributed by atoms with Gasteiger partial charge in [-0.3, -0.25) is 0 Å². The van der Waals surface area contributed by atoms with E-state index in [1.54, 1.807) is 0 Å². The molecule has 4 heteroatoms. The molecule has 0 saturated heterocycles. The first-order valence-electron chi connectivity index (χ1n) is 8.85. The highest BCUT2D eigenvalue weighted by molar-refractivity contribution is 14.1. The van der Waals surface area contributed by atoms with Crippen molar-refractivity contribution in [3.63, 3.8) is 0 Å². The Hall–Kier alpha value is -2.05. The Morgan fingerprint density at radius 1 is 1.00 bits per heavy atom. The molecule has 0 radical (unpaired) electrons. The molecule has 0 amide bonds. The molecular formula is C22H20IN2O+. The first-order chi connectivity index (χ1) is 12.5. The molecule has 0 spiro atoms. The van der Waals surface area contributed by atoms with Crippen molar-refractivity contribution in [2.45, 2.75) is 20.0 Å². The number of quaternary nitrogens is 1. The standard InChI is InChI=1S/C22H20IN2O/c1-14-16-8-4-5-9-17(16)20-18-10-6-7-11-19(18)26-22(20)21(14)25(23)13-12-24(3)15(25)2/h4-13,15H,1-3H3/q+1/t15-,25?/m0/s1. The minimum atomic E-state index is 0.298. The Bertz CT molecular complexity index is 1210. The fourth-order valence-corrected chi connectivity index (χ4v) is 5.31. The molecule has 0 N–H and O–H groups in total. The molecule has 4 aromatic rings. The van der Waals surface area contributed by atoms with Crippen LogP contribution in [0.3, 0.4) is 0 Å². The monoisotopic (exact) mass is 455 g/mol. The molecule has 0 bridgehead atoms. The van der Waals surface area contributed by atoms with Gasteiger partial charge in [-0.05, 0) is 23.8 Å². The van der Waals surface area contributed by atoms with Gasteiger partial charge in [-0.1, -0.05) is 42.5 Å². The Kier molecular flexibility index (Phi) is 3.40. The molecule has 1 aliphatic heterocycles. The van der Waals surface area contributed by atoms with E-state index in [4.69, 9.17) is 4.42 Å². The van der Waals surface area contributed by atoms with Crippen molar-refractivity contribution < 1.29 is 4.42 Å². The van der Waals surface area contributed by atoms with Crippen LogP contribution in [0, 0.1) is 6.92 Å². The number of para-hydroxylation sites is 1. The fourth-order valence-electron chi connectivity index (χ4n) is 4.20. The van der Waals surface area contributed by atoms with E-state index in [-0.39, 0.29) is 0 Å². The first kappa shape index (κ1) is 16.1. The number of hydrogen-bond donors (Lipinski definition) is 0. The van der Waals surface area contributed by atoms with Crippen molar-refractivity contribution in [2.75, 3.05) is 7.05 Å². The summed E-state index contributed by atoms with van der Waals surface area (Å²) in [5.41, 5.74) is 4.48. The van der Waals surface area contributed by atoms with E-state index in [9.17, 15) is 0 Å². The summed E-state index contributed by atoms with van der Waals surface area (Å²) in [6.07, 6.45) is 4.72. The summed E-state index contributed by atoms with van der Waals surface area (Å²) in [4.78, 5) is 2.26. The number of benzene rings is 3. The maximum atomic E-state index is 6.46. The number of halogens is 1. The van der Waals surface area contributed by atoms with Crippen LogP contribution in [-0.4, -0.2) is 18.1 Å². The number of rotatable bonds is 1. The number of aryl methyl sites for hydroxylation is 1. The molecule has 3 nitrogen and oxygen atoms in total. The van der Waals surface area contributed by atoms with Crippen LogP contribution < -0.4 is 2.70 Å². The van der Waals surface area contributed by atoms with Crippen molar-refractivity contribution in [2.24, 2.45) is 0 Å². The second-order valence-electron chi connectivity index (χ2n) is 7.10. The average Bonchev–Trinajstić information content (AvgIpc) is 3.15. The molecule has 130 valence electrons. The van der Waals surface area contributed by atoms with E-state index in [1.165, 1.54) is 32.8 Å². The Labute approximate surface area is 166 Å². The lowest BCUT2D eigenvalue weighted by Crippen LogP contribution is -2.44. The van der Waals surface area contributed by atoms with Crippen LogP contribution in [0.15, 0.2) is 65.3 Å². The summed E-state index contributed by atoms with van der Waals surface area (Å²) >= 11 is 2.55. The molecule has 2 heterocycles. The maximum Gasteiger partial charge on any atom is 0.262 e. The molecule has 0 aliphatic carbocycles. The Balaban J connectivity index is 2.03. The molecule has 26 heavy (non-hydrogen) atoms. The number of furan rings is 1. The fraction of sp³-hybridized carbons (Fsp3) is 0.182. The van der Waals surface area contributed by atoms with Gasteiger partial charge in [-0.25, -0.2) is 0 Å². The van der Waals surface area contributed by atoms with Crippen LogP contribution in [0.2, 0.25) is 0 Å². The second kappa shape index (κ2) is 5.47. The zero-order valence-corrected chi connectivity index (χ0v) is 17.2. The predicted molar refractivity (Wildman–Crippen MR) is 118 cm³/mol. The lowest BCUT2D eigenvalue weighted by Gasteiger charge is -2.32. The summed E-state index contributed by atoms with van der Waals surface area (Å²) in [5.74, 6) is 0. The predicted octanol–water partition coefficient (Wildman–Crippen LogP) is 6.47. The Morgan fingerprint density at radius 2 is 1.65 bits per heavy atom. The molecule has 0 fully saturated rings. The van der Waals surface area contributed by atoms with Crippen LogP contribution in [0.25, 0.3) is 32.7 Å². The third-order valence-corrected chi connectivity index (χ3v) is 7.37. The smallest absolute Gasteiger partial charge is 0.262 e.